The molecule has 3 aromatic rings. The van der Waals surface area contributed by atoms with E-state index in [9.17, 15) is 9.59 Å². The number of amides is 2. The van der Waals surface area contributed by atoms with Gasteiger partial charge in [0, 0.05) is 12.2 Å². The molecule has 0 spiro atoms. The van der Waals surface area contributed by atoms with Crippen LogP contribution in [0.3, 0.4) is 0 Å². The first-order valence-electron chi connectivity index (χ1n) is 10.2. The van der Waals surface area contributed by atoms with Crippen molar-refractivity contribution < 1.29 is 23.5 Å². The van der Waals surface area contributed by atoms with E-state index in [0.29, 0.717) is 35.9 Å². The molecule has 1 unspecified atom stereocenters. The van der Waals surface area contributed by atoms with Crippen LogP contribution < -0.4 is 14.8 Å². The molecule has 1 aromatic heterocycles. The molecule has 160 valence electrons. The second-order valence-corrected chi connectivity index (χ2v) is 7.25. The van der Waals surface area contributed by atoms with Crippen LogP contribution in [-0.2, 0) is 4.79 Å². The number of nitrogens with zero attached hydrogens (tertiary/aromatic N) is 1. The number of hydrogen-bond acceptors (Lipinski definition) is 5. The number of benzene rings is 2. The summed E-state index contributed by atoms with van der Waals surface area (Å²) >= 11 is 0. The standard InChI is InChI=1S/C24H24N2O5/c1-29-20-8-2-3-9-21(20)31-18-13-11-17(12-14-18)25-23(27)19-7-4-5-15-26(19)24(28)22-10-6-16-30-22/h2-3,6,8-14,16,19H,4-5,7,15H2,1H3,(H,25,27). The van der Waals surface area contributed by atoms with E-state index in [0.717, 1.165) is 12.8 Å². The highest BCUT2D eigenvalue weighted by Gasteiger charge is 2.33. The number of methoxy groups -OCH3 is 1. The van der Waals surface area contributed by atoms with Crippen LogP contribution in [0, 0.1) is 0 Å². The fourth-order valence-electron chi connectivity index (χ4n) is 3.65. The minimum Gasteiger partial charge on any atom is -0.493 e. The predicted molar refractivity (Wildman–Crippen MR) is 116 cm³/mol. The van der Waals surface area contributed by atoms with Crippen LogP contribution in [0.1, 0.15) is 29.8 Å². The lowest BCUT2D eigenvalue weighted by Crippen LogP contribution is -2.49. The molecule has 1 atom stereocenters. The Labute approximate surface area is 180 Å². The molecule has 0 aliphatic carbocycles. The molecule has 2 aromatic carbocycles. The number of ether oxygens (including phenoxy) is 2. The third kappa shape index (κ3) is 4.71. The van der Waals surface area contributed by atoms with E-state index in [2.05, 4.69) is 5.32 Å². The molecular weight excluding hydrogens is 396 g/mol. The zero-order valence-electron chi connectivity index (χ0n) is 17.2. The fraction of sp³-hybridized carbons (Fsp3) is 0.250. The number of hydrogen-bond donors (Lipinski definition) is 1. The summed E-state index contributed by atoms with van der Waals surface area (Å²) in [6.07, 6.45) is 3.84. The van der Waals surface area contributed by atoms with Crippen molar-refractivity contribution in [2.75, 3.05) is 19.0 Å². The van der Waals surface area contributed by atoms with Crippen molar-refractivity contribution in [3.8, 4) is 17.2 Å². The molecule has 4 rings (SSSR count). The van der Waals surface area contributed by atoms with E-state index >= 15 is 0 Å². The third-order valence-electron chi connectivity index (χ3n) is 5.22. The van der Waals surface area contributed by atoms with Crippen LogP contribution >= 0.6 is 0 Å². The van der Waals surface area contributed by atoms with Gasteiger partial charge in [0.05, 0.1) is 13.4 Å². The summed E-state index contributed by atoms with van der Waals surface area (Å²) < 4.78 is 16.4. The molecule has 1 aliphatic heterocycles. The largest absolute Gasteiger partial charge is 0.493 e. The summed E-state index contributed by atoms with van der Waals surface area (Å²) in [5.41, 5.74) is 0.633. The second-order valence-electron chi connectivity index (χ2n) is 7.25. The normalized spacial score (nSPS) is 15.9. The van der Waals surface area contributed by atoms with Crippen LogP contribution in [0.25, 0.3) is 0 Å². The number of para-hydroxylation sites is 2. The van der Waals surface area contributed by atoms with Gasteiger partial charge in [0.15, 0.2) is 17.3 Å². The number of nitrogens with one attached hydrogen (secondary N) is 1. The van der Waals surface area contributed by atoms with Gasteiger partial charge in [-0.05, 0) is 67.8 Å². The SMILES string of the molecule is COc1ccccc1Oc1ccc(NC(=O)C2CCCCN2C(=O)c2ccco2)cc1. The van der Waals surface area contributed by atoms with E-state index < -0.39 is 6.04 Å². The Bertz CT molecular complexity index is 1030. The lowest BCUT2D eigenvalue weighted by molar-refractivity contribution is -0.121. The highest BCUT2D eigenvalue weighted by atomic mass is 16.5. The van der Waals surface area contributed by atoms with Crippen LogP contribution in [0.15, 0.2) is 71.3 Å². The molecule has 2 heterocycles. The Morgan fingerprint density at radius 2 is 1.77 bits per heavy atom. The molecule has 0 bridgehead atoms. The number of likely N-dealkylation sites (tertiary alicyclic amines) is 1. The summed E-state index contributed by atoms with van der Waals surface area (Å²) in [6.45, 7) is 0.531. The smallest absolute Gasteiger partial charge is 0.290 e. The molecule has 1 aliphatic rings. The number of anilines is 1. The van der Waals surface area contributed by atoms with E-state index in [1.54, 1.807) is 48.4 Å². The van der Waals surface area contributed by atoms with Crippen molar-refractivity contribution in [2.24, 2.45) is 0 Å². The first-order chi connectivity index (χ1) is 15.2. The molecule has 1 fully saturated rings. The Hall–Kier alpha value is -3.74. The first kappa shape index (κ1) is 20.5. The highest BCUT2D eigenvalue weighted by Crippen LogP contribution is 2.31. The van der Waals surface area contributed by atoms with Crippen molar-refractivity contribution >= 4 is 17.5 Å². The second kappa shape index (κ2) is 9.38. The predicted octanol–water partition coefficient (Wildman–Crippen LogP) is 4.71. The van der Waals surface area contributed by atoms with Crippen LogP contribution in [0.2, 0.25) is 0 Å². The Kier molecular flexibility index (Phi) is 6.21. The van der Waals surface area contributed by atoms with Crippen molar-refractivity contribution in [1.82, 2.24) is 4.90 Å². The van der Waals surface area contributed by atoms with E-state index in [1.165, 1.54) is 6.26 Å². The summed E-state index contributed by atoms with van der Waals surface area (Å²) in [7, 11) is 1.59. The molecule has 2 amide bonds. The molecule has 7 nitrogen and oxygen atoms in total. The Morgan fingerprint density at radius 3 is 2.48 bits per heavy atom. The maximum atomic E-state index is 12.9. The van der Waals surface area contributed by atoms with Gasteiger partial charge in [-0.15, -0.1) is 0 Å². The van der Waals surface area contributed by atoms with Gasteiger partial charge < -0.3 is 24.1 Å². The molecule has 0 radical (unpaired) electrons. The summed E-state index contributed by atoms with van der Waals surface area (Å²) in [5, 5.41) is 2.91. The topological polar surface area (TPSA) is 81.0 Å². The van der Waals surface area contributed by atoms with Gasteiger partial charge in [-0.2, -0.15) is 0 Å². The van der Waals surface area contributed by atoms with Crippen molar-refractivity contribution in [3.05, 3.63) is 72.7 Å². The fourth-order valence-corrected chi connectivity index (χ4v) is 3.65. The van der Waals surface area contributed by atoms with Gasteiger partial charge >= 0.3 is 0 Å². The summed E-state index contributed by atoms with van der Waals surface area (Å²) in [4.78, 5) is 27.2. The maximum absolute atomic E-state index is 12.9. The number of carbonyl (C=O) groups excluding carboxylic acids is 2. The van der Waals surface area contributed by atoms with Crippen LogP contribution in [0.4, 0.5) is 5.69 Å². The average molecular weight is 420 g/mol. The highest BCUT2D eigenvalue weighted by molar-refractivity contribution is 6.00. The van der Waals surface area contributed by atoms with Crippen molar-refractivity contribution in [1.29, 1.82) is 0 Å². The molecule has 31 heavy (non-hydrogen) atoms. The summed E-state index contributed by atoms with van der Waals surface area (Å²) in [5.74, 6) is 1.64. The van der Waals surface area contributed by atoms with Gasteiger partial charge in [0.2, 0.25) is 5.91 Å². The quantitative estimate of drug-likeness (QED) is 0.624. The zero-order chi connectivity index (χ0) is 21.6. The van der Waals surface area contributed by atoms with Crippen LogP contribution in [0.5, 0.6) is 17.2 Å². The number of rotatable bonds is 6. The summed E-state index contributed by atoms with van der Waals surface area (Å²) in [6, 6.07) is 17.2. The lowest BCUT2D eigenvalue weighted by Gasteiger charge is -2.34. The first-order valence-corrected chi connectivity index (χ1v) is 10.2. The van der Waals surface area contributed by atoms with Crippen molar-refractivity contribution in [2.45, 2.75) is 25.3 Å². The van der Waals surface area contributed by atoms with E-state index in [4.69, 9.17) is 13.9 Å². The number of carbonyl (C=O) groups is 2. The zero-order valence-corrected chi connectivity index (χ0v) is 17.2. The number of piperidine rings is 1. The average Bonchev–Trinajstić information content (AvgIpc) is 3.35. The minimum absolute atomic E-state index is 0.210. The Balaban J connectivity index is 1.42. The van der Waals surface area contributed by atoms with Gasteiger partial charge in [-0.25, -0.2) is 0 Å². The molecule has 0 saturated carbocycles. The molecule has 7 heteroatoms. The third-order valence-corrected chi connectivity index (χ3v) is 5.22. The van der Waals surface area contributed by atoms with Gasteiger partial charge in [0.25, 0.3) is 5.91 Å². The van der Waals surface area contributed by atoms with E-state index in [1.807, 2.05) is 24.3 Å². The molecular formula is C24H24N2O5. The minimum atomic E-state index is -0.532. The maximum Gasteiger partial charge on any atom is 0.290 e. The Morgan fingerprint density at radius 1 is 1.00 bits per heavy atom. The monoisotopic (exact) mass is 420 g/mol. The van der Waals surface area contributed by atoms with Crippen LogP contribution in [-0.4, -0.2) is 36.4 Å². The van der Waals surface area contributed by atoms with Gasteiger partial charge in [-0.3, -0.25) is 9.59 Å². The molecule has 1 saturated heterocycles. The number of furan rings is 1. The van der Waals surface area contributed by atoms with E-state index in [-0.39, 0.29) is 17.6 Å². The lowest BCUT2D eigenvalue weighted by atomic mass is 10.0. The van der Waals surface area contributed by atoms with Gasteiger partial charge in [0.1, 0.15) is 11.8 Å². The van der Waals surface area contributed by atoms with Crippen molar-refractivity contribution in [3.63, 3.8) is 0 Å². The van der Waals surface area contributed by atoms with Gasteiger partial charge in [-0.1, -0.05) is 12.1 Å². The molecule has 1 N–H and O–H groups in total.